The number of aromatic hydroxyl groups is 1. The first-order chi connectivity index (χ1) is 10.2. The number of benzene rings is 2. The van der Waals surface area contributed by atoms with E-state index >= 15 is 0 Å². The van der Waals surface area contributed by atoms with Gasteiger partial charge in [-0.15, -0.1) is 0 Å². The molecule has 0 amide bonds. The van der Waals surface area contributed by atoms with E-state index in [1.165, 1.54) is 0 Å². The van der Waals surface area contributed by atoms with Crippen molar-refractivity contribution in [3.63, 3.8) is 0 Å². The standard InChI is InChI=1S/C18H20O3/c1-2-3-13-21-18(20)17(14-7-5-4-6-8-14)15-9-11-16(19)12-10-15/h4-12,17,19H,2-3,13H2,1H3. The quantitative estimate of drug-likeness (QED) is 0.647. The molecule has 0 aliphatic rings. The van der Waals surface area contributed by atoms with Crippen LogP contribution in [0.3, 0.4) is 0 Å². The molecule has 1 atom stereocenters. The van der Waals surface area contributed by atoms with E-state index in [1.807, 2.05) is 30.3 Å². The molecule has 0 bridgehead atoms. The molecule has 0 aromatic heterocycles. The number of phenolic OH excluding ortho intramolecular Hbond substituents is 1. The van der Waals surface area contributed by atoms with Gasteiger partial charge in [0.2, 0.25) is 0 Å². The molecule has 1 N–H and O–H groups in total. The summed E-state index contributed by atoms with van der Waals surface area (Å²) in [5, 5.41) is 9.40. The lowest BCUT2D eigenvalue weighted by Crippen LogP contribution is -2.17. The van der Waals surface area contributed by atoms with Gasteiger partial charge in [0.05, 0.1) is 6.61 Å². The van der Waals surface area contributed by atoms with E-state index in [1.54, 1.807) is 24.3 Å². The van der Waals surface area contributed by atoms with E-state index in [2.05, 4.69) is 6.92 Å². The van der Waals surface area contributed by atoms with Crippen molar-refractivity contribution in [1.82, 2.24) is 0 Å². The van der Waals surface area contributed by atoms with Gasteiger partial charge in [-0.3, -0.25) is 4.79 Å². The third-order valence-electron chi connectivity index (χ3n) is 3.34. The molecule has 0 fully saturated rings. The van der Waals surface area contributed by atoms with Crippen LogP contribution in [0, 0.1) is 0 Å². The summed E-state index contributed by atoms with van der Waals surface area (Å²) in [6.45, 7) is 2.50. The van der Waals surface area contributed by atoms with E-state index < -0.39 is 5.92 Å². The van der Waals surface area contributed by atoms with Crippen LogP contribution in [0.25, 0.3) is 0 Å². The molecule has 0 aliphatic heterocycles. The molecule has 0 heterocycles. The Bertz CT molecular complexity index is 561. The van der Waals surface area contributed by atoms with Gasteiger partial charge >= 0.3 is 5.97 Å². The molecule has 110 valence electrons. The maximum absolute atomic E-state index is 12.4. The summed E-state index contributed by atoms with van der Waals surface area (Å²) in [4.78, 5) is 12.4. The first-order valence-electron chi connectivity index (χ1n) is 7.23. The van der Waals surface area contributed by atoms with Crippen molar-refractivity contribution in [3.05, 3.63) is 65.7 Å². The van der Waals surface area contributed by atoms with Gasteiger partial charge in [-0.25, -0.2) is 0 Å². The average molecular weight is 284 g/mol. The molecule has 1 unspecified atom stereocenters. The fourth-order valence-corrected chi connectivity index (χ4v) is 2.18. The van der Waals surface area contributed by atoms with Crippen molar-refractivity contribution < 1.29 is 14.6 Å². The van der Waals surface area contributed by atoms with Gasteiger partial charge in [0, 0.05) is 0 Å². The molecule has 2 rings (SSSR count). The van der Waals surface area contributed by atoms with Crippen LogP contribution < -0.4 is 0 Å². The highest BCUT2D eigenvalue weighted by molar-refractivity contribution is 5.82. The summed E-state index contributed by atoms with van der Waals surface area (Å²) in [7, 11) is 0. The third-order valence-corrected chi connectivity index (χ3v) is 3.34. The van der Waals surface area contributed by atoms with Crippen molar-refractivity contribution in [2.24, 2.45) is 0 Å². The average Bonchev–Trinajstić information content (AvgIpc) is 2.51. The van der Waals surface area contributed by atoms with Crippen LogP contribution in [-0.4, -0.2) is 17.7 Å². The number of unbranched alkanes of at least 4 members (excludes halogenated alkanes) is 1. The van der Waals surface area contributed by atoms with Crippen LogP contribution >= 0.6 is 0 Å². The number of phenols is 1. The van der Waals surface area contributed by atoms with Gasteiger partial charge in [-0.05, 0) is 29.7 Å². The first kappa shape index (κ1) is 15.1. The van der Waals surface area contributed by atoms with Crippen LogP contribution in [-0.2, 0) is 9.53 Å². The smallest absolute Gasteiger partial charge is 0.317 e. The van der Waals surface area contributed by atoms with Crippen molar-refractivity contribution in [3.8, 4) is 5.75 Å². The third kappa shape index (κ3) is 4.09. The number of carbonyl (C=O) groups excluding carboxylic acids is 1. The van der Waals surface area contributed by atoms with Gasteiger partial charge in [-0.1, -0.05) is 55.8 Å². The predicted octanol–water partition coefficient (Wildman–Crippen LogP) is 3.87. The van der Waals surface area contributed by atoms with Crippen molar-refractivity contribution in [2.75, 3.05) is 6.61 Å². The molecule has 0 saturated carbocycles. The second-order valence-electron chi connectivity index (χ2n) is 4.96. The zero-order valence-electron chi connectivity index (χ0n) is 12.2. The predicted molar refractivity (Wildman–Crippen MR) is 82.3 cm³/mol. The second-order valence-corrected chi connectivity index (χ2v) is 4.96. The summed E-state index contributed by atoms with van der Waals surface area (Å²) < 4.78 is 5.38. The first-order valence-corrected chi connectivity index (χ1v) is 7.23. The molecule has 0 saturated heterocycles. The summed E-state index contributed by atoms with van der Waals surface area (Å²) in [5.74, 6) is -0.520. The van der Waals surface area contributed by atoms with Crippen LogP contribution in [0.5, 0.6) is 5.75 Å². The van der Waals surface area contributed by atoms with Crippen molar-refractivity contribution in [1.29, 1.82) is 0 Å². The topological polar surface area (TPSA) is 46.5 Å². The Kier molecular flexibility index (Phi) is 5.38. The number of rotatable bonds is 6. The zero-order chi connectivity index (χ0) is 15.1. The summed E-state index contributed by atoms with van der Waals surface area (Å²) in [5.41, 5.74) is 1.71. The van der Waals surface area contributed by atoms with Gasteiger partial charge in [0.25, 0.3) is 0 Å². The highest BCUT2D eigenvalue weighted by atomic mass is 16.5. The van der Waals surface area contributed by atoms with Crippen LogP contribution in [0.4, 0.5) is 0 Å². The van der Waals surface area contributed by atoms with Crippen LogP contribution in [0.2, 0.25) is 0 Å². The maximum atomic E-state index is 12.4. The SMILES string of the molecule is CCCCOC(=O)C(c1ccccc1)c1ccc(O)cc1. The minimum absolute atomic E-state index is 0.185. The fourth-order valence-electron chi connectivity index (χ4n) is 2.18. The molecule has 2 aromatic rings. The normalized spacial score (nSPS) is 11.9. The van der Waals surface area contributed by atoms with E-state index in [0.29, 0.717) is 6.61 Å². The molecule has 0 radical (unpaired) electrons. The highest BCUT2D eigenvalue weighted by Crippen LogP contribution is 2.27. The Morgan fingerprint density at radius 2 is 1.67 bits per heavy atom. The van der Waals surface area contributed by atoms with Gasteiger partial charge in [0.15, 0.2) is 0 Å². The minimum Gasteiger partial charge on any atom is -0.508 e. The minimum atomic E-state index is -0.455. The van der Waals surface area contributed by atoms with Gasteiger partial charge in [-0.2, -0.15) is 0 Å². The molecule has 3 heteroatoms. The van der Waals surface area contributed by atoms with E-state index in [-0.39, 0.29) is 11.7 Å². The van der Waals surface area contributed by atoms with Gasteiger partial charge in [0.1, 0.15) is 11.7 Å². The van der Waals surface area contributed by atoms with Gasteiger partial charge < -0.3 is 9.84 Å². The molecule has 0 aliphatic carbocycles. The Labute approximate surface area is 125 Å². The zero-order valence-corrected chi connectivity index (χ0v) is 12.2. The Morgan fingerprint density at radius 1 is 1.05 bits per heavy atom. The molecular formula is C18H20O3. The number of hydrogen-bond donors (Lipinski definition) is 1. The number of ether oxygens (including phenoxy) is 1. The Balaban J connectivity index is 2.26. The number of carbonyl (C=O) groups is 1. The number of hydrogen-bond acceptors (Lipinski definition) is 3. The summed E-state index contributed by atoms with van der Waals surface area (Å²) in [6, 6.07) is 16.2. The summed E-state index contributed by atoms with van der Waals surface area (Å²) in [6.07, 6.45) is 1.85. The Morgan fingerprint density at radius 3 is 2.29 bits per heavy atom. The fraction of sp³-hybridized carbons (Fsp3) is 0.278. The highest BCUT2D eigenvalue weighted by Gasteiger charge is 2.24. The van der Waals surface area contributed by atoms with Crippen LogP contribution in [0.15, 0.2) is 54.6 Å². The maximum Gasteiger partial charge on any atom is 0.317 e. The van der Waals surface area contributed by atoms with E-state index in [9.17, 15) is 9.90 Å². The van der Waals surface area contributed by atoms with Crippen LogP contribution in [0.1, 0.15) is 36.8 Å². The molecule has 21 heavy (non-hydrogen) atoms. The lowest BCUT2D eigenvalue weighted by atomic mass is 9.91. The monoisotopic (exact) mass is 284 g/mol. The largest absolute Gasteiger partial charge is 0.508 e. The van der Waals surface area contributed by atoms with E-state index in [4.69, 9.17) is 4.74 Å². The van der Waals surface area contributed by atoms with E-state index in [0.717, 1.165) is 24.0 Å². The lowest BCUT2D eigenvalue weighted by molar-refractivity contribution is -0.144. The number of esters is 1. The van der Waals surface area contributed by atoms with Crippen molar-refractivity contribution in [2.45, 2.75) is 25.7 Å². The molecule has 0 spiro atoms. The van der Waals surface area contributed by atoms with Crippen molar-refractivity contribution >= 4 is 5.97 Å². The Hall–Kier alpha value is -2.29. The molecule has 3 nitrogen and oxygen atoms in total. The summed E-state index contributed by atoms with van der Waals surface area (Å²) >= 11 is 0. The lowest BCUT2D eigenvalue weighted by Gasteiger charge is -2.17. The molecule has 2 aromatic carbocycles. The second kappa shape index (κ2) is 7.48. The molecular weight excluding hydrogens is 264 g/mol.